The molecular weight excluding hydrogens is 356 g/mol. The largest absolute Gasteiger partial charge is 0.489 e. The van der Waals surface area contributed by atoms with E-state index in [4.69, 9.17) is 4.74 Å². The van der Waals surface area contributed by atoms with Gasteiger partial charge in [-0.05, 0) is 43.5 Å². The van der Waals surface area contributed by atoms with Crippen molar-refractivity contribution in [1.82, 2.24) is 9.29 Å². The van der Waals surface area contributed by atoms with Crippen LogP contribution in [0, 0.1) is 0 Å². The number of aryl methyl sites for hydroxylation is 1. The molecule has 2 aliphatic heterocycles. The predicted octanol–water partition coefficient (Wildman–Crippen LogP) is 3.47. The van der Waals surface area contributed by atoms with E-state index in [0.717, 1.165) is 42.7 Å². The first kappa shape index (κ1) is 17.0. The molecule has 2 fully saturated rings. The molecule has 0 N–H and O–H groups in total. The summed E-state index contributed by atoms with van der Waals surface area (Å²) in [6, 6.07) is 7.52. The van der Waals surface area contributed by atoms with E-state index in [1.165, 1.54) is 11.3 Å². The van der Waals surface area contributed by atoms with E-state index in [9.17, 15) is 8.42 Å². The van der Waals surface area contributed by atoms with E-state index in [2.05, 4.69) is 4.98 Å². The van der Waals surface area contributed by atoms with Gasteiger partial charge >= 0.3 is 0 Å². The number of piperidine rings is 1. The second-order valence-corrected chi connectivity index (χ2v) is 9.93. The van der Waals surface area contributed by atoms with Crippen LogP contribution in [0.25, 0.3) is 0 Å². The Hall–Kier alpha value is -1.44. The van der Waals surface area contributed by atoms with Gasteiger partial charge in [0.05, 0.1) is 6.20 Å². The molecule has 0 amide bonds. The number of hydrogen-bond acceptors (Lipinski definition) is 5. The highest BCUT2D eigenvalue weighted by Gasteiger charge is 2.48. The third kappa shape index (κ3) is 3.20. The Kier molecular flexibility index (Phi) is 4.56. The zero-order valence-corrected chi connectivity index (χ0v) is 15.8. The number of fused-ring (bicyclic) bond motifs is 2. The van der Waals surface area contributed by atoms with Gasteiger partial charge in [-0.2, -0.15) is 4.31 Å². The first-order chi connectivity index (χ1) is 12.1. The van der Waals surface area contributed by atoms with Crippen molar-refractivity contribution < 1.29 is 13.2 Å². The van der Waals surface area contributed by atoms with Gasteiger partial charge in [-0.1, -0.05) is 6.92 Å². The van der Waals surface area contributed by atoms with Crippen LogP contribution in [0.3, 0.4) is 0 Å². The van der Waals surface area contributed by atoms with Crippen molar-refractivity contribution in [1.29, 1.82) is 0 Å². The minimum absolute atomic E-state index is 0.0394. The average molecular weight is 379 g/mol. The summed E-state index contributed by atoms with van der Waals surface area (Å²) < 4.78 is 34.5. The molecule has 0 aromatic carbocycles. The summed E-state index contributed by atoms with van der Waals surface area (Å²) in [5, 5.41) is 0. The van der Waals surface area contributed by atoms with Gasteiger partial charge in [-0.3, -0.25) is 4.98 Å². The van der Waals surface area contributed by atoms with Crippen LogP contribution in [0.2, 0.25) is 0 Å². The van der Waals surface area contributed by atoms with Gasteiger partial charge in [0, 0.05) is 36.0 Å². The van der Waals surface area contributed by atoms with E-state index in [1.807, 2.05) is 25.1 Å². The standard InChI is InChI=1S/C18H22N2O3S2/c1-2-17-7-8-18(24-17)25(21,22)20-13-5-6-14(20)11-16(10-13)23-15-4-3-9-19-12-15/h3-4,7-9,12-14,16H,2,5-6,10-11H2,1H3/t13-,14-/m0/s1. The lowest BCUT2D eigenvalue weighted by Gasteiger charge is -2.37. The lowest BCUT2D eigenvalue weighted by molar-refractivity contribution is 0.0954. The molecule has 5 nitrogen and oxygen atoms in total. The number of hydrogen-bond donors (Lipinski definition) is 0. The molecule has 2 aliphatic rings. The minimum Gasteiger partial charge on any atom is -0.489 e. The van der Waals surface area contributed by atoms with E-state index in [1.54, 1.807) is 22.8 Å². The molecule has 2 saturated heterocycles. The maximum absolute atomic E-state index is 13.1. The summed E-state index contributed by atoms with van der Waals surface area (Å²) in [5.74, 6) is 0.758. The van der Waals surface area contributed by atoms with Crippen LogP contribution in [0.4, 0.5) is 0 Å². The molecule has 7 heteroatoms. The molecule has 2 aromatic heterocycles. The number of pyridine rings is 1. The second-order valence-electron chi connectivity index (χ2n) is 6.69. The molecular formula is C18H22N2O3S2. The van der Waals surface area contributed by atoms with E-state index in [-0.39, 0.29) is 18.2 Å². The van der Waals surface area contributed by atoms with Gasteiger partial charge in [0.15, 0.2) is 0 Å². The summed E-state index contributed by atoms with van der Waals surface area (Å²) in [4.78, 5) is 5.19. The second kappa shape index (κ2) is 6.70. The minimum atomic E-state index is -3.40. The molecule has 2 atom stereocenters. The Labute approximate surface area is 152 Å². The van der Waals surface area contributed by atoms with Gasteiger partial charge in [0.2, 0.25) is 0 Å². The van der Waals surface area contributed by atoms with Crippen LogP contribution in [0.5, 0.6) is 5.75 Å². The van der Waals surface area contributed by atoms with E-state index in [0.29, 0.717) is 4.21 Å². The topological polar surface area (TPSA) is 59.5 Å². The molecule has 0 radical (unpaired) electrons. The quantitative estimate of drug-likeness (QED) is 0.799. The van der Waals surface area contributed by atoms with Crippen molar-refractivity contribution in [2.75, 3.05) is 0 Å². The Bertz CT molecular complexity index is 821. The Morgan fingerprint density at radius 2 is 2.00 bits per heavy atom. The summed E-state index contributed by atoms with van der Waals surface area (Å²) in [7, 11) is -3.40. The van der Waals surface area contributed by atoms with Crippen molar-refractivity contribution in [3.05, 3.63) is 41.5 Å². The zero-order chi connectivity index (χ0) is 17.4. The monoisotopic (exact) mass is 378 g/mol. The van der Waals surface area contributed by atoms with Crippen LogP contribution in [0.15, 0.2) is 40.9 Å². The van der Waals surface area contributed by atoms with Gasteiger partial charge in [0.25, 0.3) is 10.0 Å². The highest BCUT2D eigenvalue weighted by atomic mass is 32.2. The molecule has 0 unspecified atom stereocenters. The molecule has 0 saturated carbocycles. The number of ether oxygens (including phenoxy) is 1. The van der Waals surface area contributed by atoms with Crippen LogP contribution >= 0.6 is 11.3 Å². The SMILES string of the molecule is CCc1ccc(S(=O)(=O)N2[C@H]3CC[C@H]2CC(Oc2cccnc2)C3)s1. The lowest BCUT2D eigenvalue weighted by atomic mass is 10.0. The fourth-order valence-corrected chi connectivity index (χ4v) is 7.26. The molecule has 4 heterocycles. The molecule has 0 aliphatic carbocycles. The van der Waals surface area contributed by atoms with Crippen molar-refractivity contribution in [2.45, 2.75) is 61.4 Å². The molecule has 2 bridgehead atoms. The summed E-state index contributed by atoms with van der Waals surface area (Å²) in [6.07, 6.45) is 7.69. The lowest BCUT2D eigenvalue weighted by Crippen LogP contribution is -2.48. The molecule has 4 rings (SSSR count). The fourth-order valence-electron chi connectivity index (χ4n) is 3.97. The van der Waals surface area contributed by atoms with E-state index >= 15 is 0 Å². The van der Waals surface area contributed by atoms with Crippen LogP contribution in [-0.2, 0) is 16.4 Å². The van der Waals surface area contributed by atoms with Crippen molar-refractivity contribution in [3.8, 4) is 5.75 Å². The van der Waals surface area contributed by atoms with Gasteiger partial charge in [-0.25, -0.2) is 8.42 Å². The number of aromatic nitrogens is 1. The highest BCUT2D eigenvalue weighted by molar-refractivity contribution is 7.91. The highest BCUT2D eigenvalue weighted by Crippen LogP contribution is 2.41. The normalized spacial score (nSPS) is 26.7. The first-order valence-corrected chi connectivity index (χ1v) is 11.0. The Morgan fingerprint density at radius 3 is 2.60 bits per heavy atom. The van der Waals surface area contributed by atoms with Crippen LogP contribution < -0.4 is 4.74 Å². The zero-order valence-electron chi connectivity index (χ0n) is 14.2. The fraction of sp³-hybridized carbons (Fsp3) is 0.500. The molecule has 25 heavy (non-hydrogen) atoms. The van der Waals surface area contributed by atoms with E-state index < -0.39 is 10.0 Å². The smallest absolute Gasteiger partial charge is 0.253 e. The van der Waals surface area contributed by atoms with Gasteiger partial charge in [0.1, 0.15) is 16.1 Å². The molecule has 0 spiro atoms. The number of thiophene rings is 1. The Morgan fingerprint density at radius 1 is 1.24 bits per heavy atom. The maximum atomic E-state index is 13.1. The number of nitrogens with zero attached hydrogens (tertiary/aromatic N) is 2. The summed E-state index contributed by atoms with van der Waals surface area (Å²) >= 11 is 1.40. The Balaban J connectivity index is 1.52. The number of rotatable bonds is 5. The maximum Gasteiger partial charge on any atom is 0.253 e. The number of sulfonamides is 1. The van der Waals surface area contributed by atoms with Crippen molar-refractivity contribution >= 4 is 21.4 Å². The van der Waals surface area contributed by atoms with Crippen molar-refractivity contribution in [2.24, 2.45) is 0 Å². The third-order valence-electron chi connectivity index (χ3n) is 5.08. The predicted molar refractivity (Wildman–Crippen MR) is 97.4 cm³/mol. The molecule has 134 valence electrons. The van der Waals surface area contributed by atoms with Gasteiger partial charge in [-0.15, -0.1) is 11.3 Å². The van der Waals surface area contributed by atoms with Crippen LogP contribution in [-0.4, -0.2) is 35.9 Å². The van der Waals surface area contributed by atoms with Crippen molar-refractivity contribution in [3.63, 3.8) is 0 Å². The third-order valence-corrected chi connectivity index (χ3v) is 8.78. The summed E-state index contributed by atoms with van der Waals surface area (Å²) in [6.45, 7) is 2.05. The molecule has 2 aromatic rings. The average Bonchev–Trinajstić information content (AvgIpc) is 3.20. The van der Waals surface area contributed by atoms with Crippen LogP contribution in [0.1, 0.15) is 37.5 Å². The van der Waals surface area contributed by atoms with Gasteiger partial charge < -0.3 is 4.74 Å². The first-order valence-electron chi connectivity index (χ1n) is 8.77. The summed E-state index contributed by atoms with van der Waals surface area (Å²) in [5.41, 5.74) is 0.